The monoisotopic (exact) mass is 274 g/mol. The Morgan fingerprint density at radius 1 is 1.39 bits per heavy atom. The predicted molar refractivity (Wildman–Crippen MR) is 70.9 cm³/mol. The summed E-state index contributed by atoms with van der Waals surface area (Å²) in [4.78, 5) is 0. The van der Waals surface area contributed by atoms with E-state index in [4.69, 9.17) is 15.6 Å². The van der Waals surface area contributed by atoms with E-state index in [1.54, 1.807) is 24.3 Å². The molecule has 0 saturated carbocycles. The standard InChI is InChI=1S/C11H18N2O4S/c1-17-8-9-18(15,16)13(6-7-14)11-5-3-2-4-10(11)12/h2-5,14H,6-9,12H2,1H3. The summed E-state index contributed by atoms with van der Waals surface area (Å²) in [6, 6.07) is 6.64. The summed E-state index contributed by atoms with van der Waals surface area (Å²) in [5, 5.41) is 9.00. The van der Waals surface area contributed by atoms with Crippen molar-refractivity contribution in [2.24, 2.45) is 0 Å². The van der Waals surface area contributed by atoms with Gasteiger partial charge < -0.3 is 15.6 Å². The molecular formula is C11H18N2O4S. The van der Waals surface area contributed by atoms with Gasteiger partial charge in [-0.15, -0.1) is 0 Å². The molecule has 0 saturated heterocycles. The Morgan fingerprint density at radius 3 is 2.61 bits per heavy atom. The number of para-hydroxylation sites is 2. The number of aliphatic hydroxyl groups excluding tert-OH is 1. The zero-order valence-corrected chi connectivity index (χ0v) is 11.1. The Labute approximate surface area is 107 Å². The lowest BCUT2D eigenvalue weighted by Crippen LogP contribution is -2.37. The number of ether oxygens (including phenoxy) is 1. The number of hydrogen-bond acceptors (Lipinski definition) is 5. The van der Waals surface area contributed by atoms with Crippen LogP contribution in [0.3, 0.4) is 0 Å². The molecule has 0 radical (unpaired) electrons. The Balaban J connectivity index is 3.07. The van der Waals surface area contributed by atoms with Gasteiger partial charge in [0.1, 0.15) is 0 Å². The minimum atomic E-state index is -3.55. The molecule has 1 aromatic rings. The fourth-order valence-corrected chi connectivity index (χ4v) is 2.94. The van der Waals surface area contributed by atoms with Gasteiger partial charge in [0.2, 0.25) is 10.0 Å². The maximum absolute atomic E-state index is 12.1. The van der Waals surface area contributed by atoms with Crippen LogP contribution in [0.15, 0.2) is 24.3 Å². The zero-order chi connectivity index (χ0) is 13.6. The highest BCUT2D eigenvalue weighted by Gasteiger charge is 2.23. The molecule has 0 aromatic heterocycles. The van der Waals surface area contributed by atoms with Crippen molar-refractivity contribution in [2.45, 2.75) is 0 Å². The van der Waals surface area contributed by atoms with Gasteiger partial charge in [-0.3, -0.25) is 4.31 Å². The number of aliphatic hydroxyl groups is 1. The molecule has 18 heavy (non-hydrogen) atoms. The summed E-state index contributed by atoms with van der Waals surface area (Å²) in [6.45, 7) is -0.211. The van der Waals surface area contributed by atoms with Crippen molar-refractivity contribution < 1.29 is 18.3 Å². The quantitative estimate of drug-likeness (QED) is 0.685. The molecule has 1 aromatic carbocycles. The average Bonchev–Trinajstić information content (AvgIpc) is 2.34. The molecule has 0 amide bonds. The minimum Gasteiger partial charge on any atom is -0.397 e. The number of nitrogen functional groups attached to an aromatic ring is 1. The van der Waals surface area contributed by atoms with Crippen molar-refractivity contribution in [3.05, 3.63) is 24.3 Å². The van der Waals surface area contributed by atoms with Crippen molar-refractivity contribution in [1.82, 2.24) is 0 Å². The molecule has 1 rings (SSSR count). The Morgan fingerprint density at radius 2 is 2.06 bits per heavy atom. The van der Waals surface area contributed by atoms with Crippen LogP contribution >= 0.6 is 0 Å². The zero-order valence-electron chi connectivity index (χ0n) is 10.2. The van der Waals surface area contributed by atoms with Gasteiger partial charge in [-0.1, -0.05) is 12.1 Å². The van der Waals surface area contributed by atoms with Crippen LogP contribution in [0.2, 0.25) is 0 Å². The van der Waals surface area contributed by atoms with Gasteiger partial charge in [0.05, 0.1) is 36.9 Å². The molecule has 0 spiro atoms. The summed E-state index contributed by atoms with van der Waals surface area (Å²) in [7, 11) is -2.12. The molecule has 0 heterocycles. The molecule has 0 bridgehead atoms. The predicted octanol–water partition coefficient (Wildman–Crippen LogP) is 0.0437. The number of nitrogens with two attached hydrogens (primary N) is 1. The van der Waals surface area contributed by atoms with Gasteiger partial charge in [0, 0.05) is 7.11 Å². The van der Waals surface area contributed by atoms with Crippen molar-refractivity contribution in [2.75, 3.05) is 42.7 Å². The highest BCUT2D eigenvalue weighted by molar-refractivity contribution is 7.92. The molecule has 3 N–H and O–H groups in total. The van der Waals surface area contributed by atoms with E-state index < -0.39 is 10.0 Å². The van der Waals surface area contributed by atoms with Gasteiger partial charge in [-0.05, 0) is 12.1 Å². The van der Waals surface area contributed by atoms with E-state index in [1.807, 2.05) is 0 Å². The van der Waals surface area contributed by atoms with E-state index in [9.17, 15) is 8.42 Å². The number of methoxy groups -OCH3 is 1. The van der Waals surface area contributed by atoms with Gasteiger partial charge in [0.25, 0.3) is 0 Å². The minimum absolute atomic E-state index is 0.0275. The number of benzene rings is 1. The maximum atomic E-state index is 12.1. The maximum Gasteiger partial charge on any atom is 0.237 e. The lowest BCUT2D eigenvalue weighted by molar-refractivity contribution is 0.217. The van der Waals surface area contributed by atoms with Crippen LogP contribution in [-0.4, -0.2) is 46.1 Å². The third-order valence-electron chi connectivity index (χ3n) is 2.39. The summed E-state index contributed by atoms with van der Waals surface area (Å²) in [5.74, 6) is -0.155. The first-order valence-electron chi connectivity index (χ1n) is 5.47. The molecule has 6 nitrogen and oxygen atoms in total. The third-order valence-corrected chi connectivity index (χ3v) is 4.12. The normalized spacial score (nSPS) is 11.4. The topological polar surface area (TPSA) is 92.9 Å². The number of anilines is 2. The molecule has 102 valence electrons. The van der Waals surface area contributed by atoms with Crippen LogP contribution in [0.5, 0.6) is 0 Å². The molecule has 7 heteroatoms. The second-order valence-corrected chi connectivity index (χ2v) is 5.68. The third kappa shape index (κ3) is 3.59. The fourth-order valence-electron chi connectivity index (χ4n) is 1.51. The van der Waals surface area contributed by atoms with E-state index in [1.165, 1.54) is 7.11 Å². The van der Waals surface area contributed by atoms with Crippen molar-refractivity contribution >= 4 is 21.4 Å². The summed E-state index contributed by atoms with van der Waals surface area (Å²) in [6.07, 6.45) is 0. The fraction of sp³-hybridized carbons (Fsp3) is 0.455. The van der Waals surface area contributed by atoms with Crippen LogP contribution in [0.25, 0.3) is 0 Å². The first kappa shape index (κ1) is 14.7. The van der Waals surface area contributed by atoms with E-state index in [2.05, 4.69) is 0 Å². The van der Waals surface area contributed by atoms with Crippen LogP contribution in [0.4, 0.5) is 11.4 Å². The van der Waals surface area contributed by atoms with E-state index in [0.29, 0.717) is 11.4 Å². The second-order valence-electron chi connectivity index (χ2n) is 3.66. The van der Waals surface area contributed by atoms with E-state index >= 15 is 0 Å². The first-order chi connectivity index (χ1) is 8.53. The highest BCUT2D eigenvalue weighted by atomic mass is 32.2. The van der Waals surface area contributed by atoms with Crippen LogP contribution in [0.1, 0.15) is 0 Å². The van der Waals surface area contributed by atoms with Crippen molar-refractivity contribution in [3.63, 3.8) is 0 Å². The van der Waals surface area contributed by atoms with E-state index in [0.717, 1.165) is 4.31 Å². The van der Waals surface area contributed by atoms with Gasteiger partial charge in [0.15, 0.2) is 0 Å². The lowest BCUT2D eigenvalue weighted by atomic mass is 10.3. The molecule has 0 unspecified atom stereocenters. The second kappa shape index (κ2) is 6.58. The summed E-state index contributed by atoms with van der Waals surface area (Å²) < 4.78 is 30.1. The molecular weight excluding hydrogens is 256 g/mol. The Hall–Kier alpha value is -1.31. The molecule has 0 atom stereocenters. The largest absolute Gasteiger partial charge is 0.397 e. The van der Waals surface area contributed by atoms with Crippen molar-refractivity contribution in [1.29, 1.82) is 0 Å². The van der Waals surface area contributed by atoms with Gasteiger partial charge in [-0.2, -0.15) is 0 Å². The van der Waals surface area contributed by atoms with Crippen LogP contribution in [0, 0.1) is 0 Å². The van der Waals surface area contributed by atoms with Gasteiger partial charge >= 0.3 is 0 Å². The molecule has 0 aliphatic carbocycles. The number of sulfonamides is 1. The number of hydrogen-bond donors (Lipinski definition) is 2. The van der Waals surface area contributed by atoms with Crippen LogP contribution in [-0.2, 0) is 14.8 Å². The average molecular weight is 274 g/mol. The Bertz CT molecular complexity index is 476. The van der Waals surface area contributed by atoms with Gasteiger partial charge in [-0.25, -0.2) is 8.42 Å². The smallest absolute Gasteiger partial charge is 0.237 e. The summed E-state index contributed by atoms with van der Waals surface area (Å²) in [5.41, 5.74) is 6.49. The Kier molecular flexibility index (Phi) is 5.39. The summed E-state index contributed by atoms with van der Waals surface area (Å²) >= 11 is 0. The number of rotatable bonds is 7. The number of nitrogens with zero attached hydrogens (tertiary/aromatic N) is 1. The highest BCUT2D eigenvalue weighted by Crippen LogP contribution is 2.25. The van der Waals surface area contributed by atoms with Crippen LogP contribution < -0.4 is 10.0 Å². The van der Waals surface area contributed by atoms with Crippen molar-refractivity contribution in [3.8, 4) is 0 Å². The first-order valence-corrected chi connectivity index (χ1v) is 7.08. The van der Waals surface area contributed by atoms with E-state index in [-0.39, 0.29) is 25.5 Å². The molecule has 0 aliphatic rings. The molecule has 0 fully saturated rings. The lowest BCUT2D eigenvalue weighted by Gasteiger charge is -2.24. The SMILES string of the molecule is COCCS(=O)(=O)N(CCO)c1ccccc1N. The molecule has 0 aliphatic heterocycles.